The van der Waals surface area contributed by atoms with Gasteiger partial charge in [-0.1, -0.05) is 19.1 Å². The second-order valence-electron chi connectivity index (χ2n) is 5.67. The first-order valence-electron chi connectivity index (χ1n) is 7.70. The van der Waals surface area contributed by atoms with E-state index < -0.39 is 12.0 Å². The zero-order valence-electron chi connectivity index (χ0n) is 14.2. The molecule has 0 aliphatic heterocycles. The number of amides is 1. The first-order valence-corrected chi connectivity index (χ1v) is 7.70. The Kier molecular flexibility index (Phi) is 7.54. The molecule has 6 nitrogen and oxygen atoms in total. The maximum Gasteiger partial charge on any atom is 0.320 e. The smallest absolute Gasteiger partial charge is 0.320 e. The monoisotopic (exact) mass is 322 g/mol. The van der Waals surface area contributed by atoms with Gasteiger partial charge in [0.1, 0.15) is 11.8 Å². The van der Waals surface area contributed by atoms with Crippen LogP contribution in [-0.4, -0.2) is 54.7 Å². The summed E-state index contributed by atoms with van der Waals surface area (Å²) in [4.78, 5) is 24.1. The van der Waals surface area contributed by atoms with Crippen LogP contribution in [0.4, 0.5) is 0 Å². The summed E-state index contributed by atoms with van der Waals surface area (Å²) in [6.45, 7) is 6.69. The molecule has 0 radical (unpaired) electrons. The van der Waals surface area contributed by atoms with Crippen LogP contribution in [0.3, 0.4) is 0 Å². The molecule has 0 spiro atoms. The lowest BCUT2D eigenvalue weighted by Gasteiger charge is -2.29. The van der Waals surface area contributed by atoms with Crippen LogP contribution in [0.2, 0.25) is 0 Å². The maximum absolute atomic E-state index is 11.3. The number of ether oxygens (including phenoxy) is 1. The number of hydrogen-bond donors (Lipinski definition) is 2. The van der Waals surface area contributed by atoms with Gasteiger partial charge >= 0.3 is 5.97 Å². The number of rotatable bonds is 9. The summed E-state index contributed by atoms with van der Waals surface area (Å²) in [5.41, 5.74) is 1.12. The molecule has 0 aromatic heterocycles. The SMILES string of the molecule is COc1ccc(C(C)CN(CCNC(C)=O)C(C)C(=O)O)cc1. The van der Waals surface area contributed by atoms with Gasteiger partial charge in [-0.3, -0.25) is 14.5 Å². The van der Waals surface area contributed by atoms with E-state index in [-0.39, 0.29) is 11.8 Å². The van der Waals surface area contributed by atoms with Gasteiger partial charge in [0.25, 0.3) is 0 Å². The van der Waals surface area contributed by atoms with Gasteiger partial charge in [0.05, 0.1) is 7.11 Å². The first kappa shape index (κ1) is 19.0. The van der Waals surface area contributed by atoms with Crippen LogP contribution in [0.5, 0.6) is 5.75 Å². The zero-order valence-corrected chi connectivity index (χ0v) is 14.2. The lowest BCUT2D eigenvalue weighted by molar-refractivity contribution is -0.142. The Bertz CT molecular complexity index is 516. The van der Waals surface area contributed by atoms with Crippen molar-refractivity contribution in [1.82, 2.24) is 10.2 Å². The van der Waals surface area contributed by atoms with Gasteiger partial charge in [0, 0.05) is 26.6 Å². The molecule has 0 fully saturated rings. The third kappa shape index (κ3) is 6.28. The van der Waals surface area contributed by atoms with Crippen molar-refractivity contribution in [2.24, 2.45) is 0 Å². The number of nitrogens with one attached hydrogen (secondary N) is 1. The summed E-state index contributed by atoms with van der Waals surface area (Å²) in [6, 6.07) is 7.16. The Morgan fingerprint density at radius 2 is 1.87 bits per heavy atom. The third-order valence-corrected chi connectivity index (χ3v) is 3.87. The van der Waals surface area contributed by atoms with Crippen molar-refractivity contribution in [2.75, 3.05) is 26.7 Å². The predicted molar refractivity (Wildman–Crippen MR) is 88.8 cm³/mol. The van der Waals surface area contributed by atoms with E-state index in [4.69, 9.17) is 4.74 Å². The minimum absolute atomic E-state index is 0.115. The standard InChI is InChI=1S/C17H26N2O4/c1-12(15-5-7-16(23-4)8-6-15)11-19(13(2)17(21)22)10-9-18-14(3)20/h5-8,12-13H,9-11H2,1-4H3,(H,18,20)(H,21,22). The highest BCUT2D eigenvalue weighted by atomic mass is 16.5. The first-order chi connectivity index (χ1) is 10.8. The van der Waals surface area contributed by atoms with Gasteiger partial charge in [-0.25, -0.2) is 0 Å². The molecule has 0 bridgehead atoms. The highest BCUT2D eigenvalue weighted by Crippen LogP contribution is 2.20. The van der Waals surface area contributed by atoms with Crippen molar-refractivity contribution < 1.29 is 19.4 Å². The number of carboxylic acids is 1. The molecule has 1 amide bonds. The van der Waals surface area contributed by atoms with Gasteiger partial charge in [-0.05, 0) is 30.5 Å². The van der Waals surface area contributed by atoms with E-state index in [2.05, 4.69) is 12.2 Å². The number of benzene rings is 1. The number of carbonyl (C=O) groups excluding carboxylic acids is 1. The minimum Gasteiger partial charge on any atom is -0.497 e. The topological polar surface area (TPSA) is 78.9 Å². The van der Waals surface area contributed by atoms with Gasteiger partial charge < -0.3 is 15.2 Å². The summed E-state index contributed by atoms with van der Waals surface area (Å²) < 4.78 is 5.15. The van der Waals surface area contributed by atoms with E-state index in [1.807, 2.05) is 29.2 Å². The summed E-state index contributed by atoms with van der Waals surface area (Å²) in [6.07, 6.45) is 0. The third-order valence-electron chi connectivity index (χ3n) is 3.87. The fraction of sp³-hybridized carbons (Fsp3) is 0.529. The van der Waals surface area contributed by atoms with Gasteiger partial charge in [0.2, 0.25) is 5.91 Å². The molecule has 1 rings (SSSR count). The van der Waals surface area contributed by atoms with Crippen LogP contribution in [0, 0.1) is 0 Å². The Labute approximate surface area is 137 Å². The molecule has 2 atom stereocenters. The van der Waals surface area contributed by atoms with Crippen molar-refractivity contribution >= 4 is 11.9 Å². The predicted octanol–water partition coefficient (Wildman–Crippen LogP) is 1.71. The second kappa shape index (κ2) is 9.15. The maximum atomic E-state index is 11.3. The van der Waals surface area contributed by atoms with Gasteiger partial charge in [-0.15, -0.1) is 0 Å². The Morgan fingerprint density at radius 3 is 2.35 bits per heavy atom. The number of carbonyl (C=O) groups is 2. The van der Waals surface area contributed by atoms with Gasteiger partial charge in [0.15, 0.2) is 0 Å². The number of hydrogen-bond acceptors (Lipinski definition) is 4. The Hall–Kier alpha value is -2.08. The molecule has 0 aliphatic rings. The van der Waals surface area contributed by atoms with E-state index in [0.29, 0.717) is 19.6 Å². The van der Waals surface area contributed by atoms with Crippen LogP contribution in [0.15, 0.2) is 24.3 Å². The lowest BCUT2D eigenvalue weighted by Crippen LogP contribution is -2.44. The molecule has 128 valence electrons. The molecule has 1 aromatic carbocycles. The highest BCUT2D eigenvalue weighted by Gasteiger charge is 2.22. The van der Waals surface area contributed by atoms with Crippen LogP contribution < -0.4 is 10.1 Å². The summed E-state index contributed by atoms with van der Waals surface area (Å²) in [7, 11) is 1.62. The molecule has 0 aliphatic carbocycles. The second-order valence-corrected chi connectivity index (χ2v) is 5.67. The molecule has 0 heterocycles. The van der Waals surface area contributed by atoms with Crippen molar-refractivity contribution in [3.63, 3.8) is 0 Å². The molecule has 0 saturated heterocycles. The molecule has 6 heteroatoms. The van der Waals surface area contributed by atoms with Crippen LogP contribution >= 0.6 is 0 Å². The molecule has 2 unspecified atom stereocenters. The summed E-state index contributed by atoms with van der Waals surface area (Å²) in [5, 5.41) is 12.0. The van der Waals surface area contributed by atoms with E-state index >= 15 is 0 Å². The highest BCUT2D eigenvalue weighted by molar-refractivity contribution is 5.73. The van der Waals surface area contributed by atoms with Crippen molar-refractivity contribution in [1.29, 1.82) is 0 Å². The van der Waals surface area contributed by atoms with E-state index in [1.54, 1.807) is 14.0 Å². The molecular weight excluding hydrogens is 296 g/mol. The average Bonchev–Trinajstić information content (AvgIpc) is 2.52. The van der Waals surface area contributed by atoms with E-state index in [0.717, 1.165) is 11.3 Å². The Balaban J connectivity index is 2.72. The normalized spacial score (nSPS) is 13.4. The largest absolute Gasteiger partial charge is 0.497 e. The number of nitrogens with zero attached hydrogens (tertiary/aromatic N) is 1. The molecule has 23 heavy (non-hydrogen) atoms. The molecule has 1 aromatic rings. The van der Waals surface area contributed by atoms with Gasteiger partial charge in [-0.2, -0.15) is 0 Å². The van der Waals surface area contributed by atoms with E-state index in [1.165, 1.54) is 6.92 Å². The van der Waals surface area contributed by atoms with Crippen LogP contribution in [0.1, 0.15) is 32.3 Å². The summed E-state index contributed by atoms with van der Waals surface area (Å²) >= 11 is 0. The van der Waals surface area contributed by atoms with Crippen molar-refractivity contribution in [3.05, 3.63) is 29.8 Å². The molecular formula is C17H26N2O4. The van der Waals surface area contributed by atoms with Crippen molar-refractivity contribution in [3.8, 4) is 5.75 Å². The average molecular weight is 322 g/mol. The Morgan fingerprint density at radius 1 is 1.26 bits per heavy atom. The lowest BCUT2D eigenvalue weighted by atomic mass is 10.00. The van der Waals surface area contributed by atoms with Crippen LogP contribution in [-0.2, 0) is 9.59 Å². The zero-order chi connectivity index (χ0) is 17.4. The number of carboxylic acid groups (broad SMARTS) is 1. The van der Waals surface area contributed by atoms with E-state index in [9.17, 15) is 14.7 Å². The van der Waals surface area contributed by atoms with Crippen LogP contribution in [0.25, 0.3) is 0 Å². The van der Waals surface area contributed by atoms with Crippen molar-refractivity contribution in [2.45, 2.75) is 32.7 Å². The quantitative estimate of drug-likeness (QED) is 0.723. The minimum atomic E-state index is -0.866. The molecule has 0 saturated carbocycles. The molecule has 2 N–H and O–H groups in total. The fourth-order valence-electron chi connectivity index (χ4n) is 2.36. The number of aliphatic carboxylic acids is 1. The summed E-state index contributed by atoms with van der Waals surface area (Å²) in [5.74, 6) is -0.0201. The fourth-order valence-corrected chi connectivity index (χ4v) is 2.36. The number of methoxy groups -OCH3 is 1.